The molecule has 5 rings (SSSR count). The Kier molecular flexibility index (Phi) is 5.49. The molecule has 3 aromatic rings. The Hall–Kier alpha value is -3.46. The van der Waals surface area contributed by atoms with Crippen molar-refractivity contribution in [1.82, 2.24) is 15.1 Å². The molecule has 0 bridgehead atoms. The molecule has 172 valence electrons. The quantitative estimate of drug-likeness (QED) is 0.579. The molecule has 0 unspecified atom stereocenters. The Morgan fingerprint density at radius 1 is 1.15 bits per heavy atom. The Balaban J connectivity index is 1.52. The number of rotatable bonds is 6. The minimum atomic E-state index is -0.796. The van der Waals surface area contributed by atoms with E-state index < -0.39 is 11.4 Å². The van der Waals surface area contributed by atoms with Gasteiger partial charge in [0.25, 0.3) is 0 Å². The van der Waals surface area contributed by atoms with Crippen molar-refractivity contribution in [2.24, 2.45) is 0 Å². The monoisotopic (exact) mass is 449 g/mol. The molecule has 2 fully saturated rings. The van der Waals surface area contributed by atoms with Crippen LogP contribution in [-0.4, -0.2) is 52.5 Å². The lowest BCUT2D eigenvalue weighted by molar-refractivity contribution is -0.147. The molecule has 9 heteroatoms. The molecular formula is C24H27N5O4. The highest BCUT2D eigenvalue weighted by Crippen LogP contribution is 2.44. The number of anilines is 3. The standard InChI is InChI=1S/C24H27N5O4/c1-15-21(16(2)33-28-15)19-14-20(29-9-11-32-12-10-29)27-23(26-19)25-18-6-3-5-17(13-18)24(22(30)31)7-4-8-24/h3,5-6,13-14H,4,7-12H2,1-2H3,(H,30,31)(H,25,26,27). The van der Waals surface area contributed by atoms with Gasteiger partial charge in [-0.25, -0.2) is 4.98 Å². The zero-order valence-electron chi connectivity index (χ0n) is 18.8. The van der Waals surface area contributed by atoms with Gasteiger partial charge >= 0.3 is 5.97 Å². The number of benzene rings is 1. The largest absolute Gasteiger partial charge is 0.481 e. The van der Waals surface area contributed by atoms with E-state index in [-0.39, 0.29) is 0 Å². The molecule has 2 aliphatic rings. The smallest absolute Gasteiger partial charge is 0.314 e. The second kappa shape index (κ2) is 8.47. The Labute approximate surface area is 191 Å². The lowest BCUT2D eigenvalue weighted by Crippen LogP contribution is -2.42. The van der Waals surface area contributed by atoms with Crippen LogP contribution in [0, 0.1) is 13.8 Å². The Morgan fingerprint density at radius 2 is 1.94 bits per heavy atom. The van der Waals surface area contributed by atoms with E-state index in [1.54, 1.807) is 0 Å². The van der Waals surface area contributed by atoms with Gasteiger partial charge in [-0.15, -0.1) is 0 Å². The number of aliphatic carboxylic acids is 1. The van der Waals surface area contributed by atoms with Crippen LogP contribution in [0.2, 0.25) is 0 Å². The zero-order valence-corrected chi connectivity index (χ0v) is 18.8. The van der Waals surface area contributed by atoms with Gasteiger partial charge in [-0.2, -0.15) is 4.98 Å². The van der Waals surface area contributed by atoms with Crippen LogP contribution in [0.5, 0.6) is 0 Å². The van der Waals surface area contributed by atoms with Crippen molar-refractivity contribution < 1.29 is 19.2 Å². The first-order valence-electron chi connectivity index (χ1n) is 11.2. The molecule has 2 N–H and O–H groups in total. The van der Waals surface area contributed by atoms with E-state index in [4.69, 9.17) is 19.2 Å². The summed E-state index contributed by atoms with van der Waals surface area (Å²) in [5.74, 6) is 1.16. The molecule has 1 saturated carbocycles. The van der Waals surface area contributed by atoms with Crippen molar-refractivity contribution >= 4 is 23.4 Å². The molecule has 3 heterocycles. The summed E-state index contributed by atoms with van der Waals surface area (Å²) < 4.78 is 10.9. The third-order valence-electron chi connectivity index (χ3n) is 6.63. The van der Waals surface area contributed by atoms with Gasteiger partial charge in [-0.1, -0.05) is 23.7 Å². The van der Waals surface area contributed by atoms with Crippen LogP contribution >= 0.6 is 0 Å². The van der Waals surface area contributed by atoms with E-state index in [9.17, 15) is 9.90 Å². The van der Waals surface area contributed by atoms with Gasteiger partial charge in [-0.05, 0) is 44.4 Å². The molecule has 0 spiro atoms. The number of nitrogens with zero attached hydrogens (tertiary/aromatic N) is 4. The second-order valence-corrected chi connectivity index (χ2v) is 8.68. The van der Waals surface area contributed by atoms with Gasteiger partial charge < -0.3 is 24.6 Å². The number of carboxylic acids is 1. The second-order valence-electron chi connectivity index (χ2n) is 8.68. The topological polar surface area (TPSA) is 114 Å². The summed E-state index contributed by atoms with van der Waals surface area (Å²) in [6.45, 7) is 6.54. The number of hydrogen-bond acceptors (Lipinski definition) is 8. The highest BCUT2D eigenvalue weighted by Gasteiger charge is 2.45. The predicted octanol–water partition coefficient (Wildman–Crippen LogP) is 3.83. The molecule has 0 atom stereocenters. The van der Waals surface area contributed by atoms with Crippen molar-refractivity contribution in [2.75, 3.05) is 36.5 Å². The third kappa shape index (κ3) is 3.93. The molecule has 0 radical (unpaired) electrons. The van der Waals surface area contributed by atoms with Crippen LogP contribution in [0.1, 0.15) is 36.3 Å². The van der Waals surface area contributed by atoms with E-state index in [0.717, 1.165) is 53.5 Å². The lowest BCUT2D eigenvalue weighted by Gasteiger charge is -2.38. The van der Waals surface area contributed by atoms with E-state index in [1.807, 2.05) is 44.2 Å². The fourth-order valence-corrected chi connectivity index (χ4v) is 4.60. The van der Waals surface area contributed by atoms with Gasteiger partial charge in [0.05, 0.1) is 35.6 Å². The van der Waals surface area contributed by atoms with Gasteiger partial charge in [0, 0.05) is 24.8 Å². The zero-order chi connectivity index (χ0) is 23.0. The number of nitrogens with one attached hydrogen (secondary N) is 1. The van der Waals surface area contributed by atoms with Gasteiger partial charge in [0.1, 0.15) is 11.6 Å². The fourth-order valence-electron chi connectivity index (χ4n) is 4.60. The van der Waals surface area contributed by atoms with Crippen LogP contribution in [0.3, 0.4) is 0 Å². The number of morpholine rings is 1. The number of carboxylic acid groups (broad SMARTS) is 1. The molecule has 9 nitrogen and oxygen atoms in total. The molecule has 2 aromatic heterocycles. The number of aryl methyl sites for hydroxylation is 2. The summed E-state index contributed by atoms with van der Waals surface area (Å²) >= 11 is 0. The van der Waals surface area contributed by atoms with Crippen molar-refractivity contribution in [1.29, 1.82) is 0 Å². The fraction of sp³-hybridized carbons (Fsp3) is 0.417. The molecular weight excluding hydrogens is 422 g/mol. The summed E-state index contributed by atoms with van der Waals surface area (Å²) in [5.41, 5.74) is 3.10. The highest BCUT2D eigenvalue weighted by molar-refractivity contribution is 5.83. The van der Waals surface area contributed by atoms with Crippen LogP contribution in [-0.2, 0) is 14.9 Å². The number of aromatic nitrogens is 3. The minimum Gasteiger partial charge on any atom is -0.481 e. The Morgan fingerprint density at radius 3 is 2.58 bits per heavy atom. The van der Waals surface area contributed by atoms with Crippen molar-refractivity contribution in [3.05, 3.63) is 47.3 Å². The average Bonchev–Trinajstić information content (AvgIpc) is 3.11. The average molecular weight is 450 g/mol. The van der Waals surface area contributed by atoms with E-state index in [2.05, 4.69) is 15.4 Å². The summed E-state index contributed by atoms with van der Waals surface area (Å²) in [7, 11) is 0. The summed E-state index contributed by atoms with van der Waals surface area (Å²) in [6.07, 6.45) is 2.24. The maximum atomic E-state index is 12.0. The van der Waals surface area contributed by atoms with Gasteiger partial charge in [0.15, 0.2) is 0 Å². The molecule has 1 saturated heterocycles. The van der Waals surface area contributed by atoms with E-state index in [0.29, 0.717) is 37.8 Å². The van der Waals surface area contributed by atoms with Gasteiger partial charge in [-0.3, -0.25) is 4.79 Å². The first kappa shape index (κ1) is 21.4. The van der Waals surface area contributed by atoms with Crippen molar-refractivity contribution in [3.8, 4) is 11.3 Å². The minimum absolute atomic E-state index is 0.434. The lowest BCUT2D eigenvalue weighted by atomic mass is 9.64. The first-order chi connectivity index (χ1) is 16.0. The summed E-state index contributed by atoms with van der Waals surface area (Å²) in [4.78, 5) is 23.6. The summed E-state index contributed by atoms with van der Waals surface area (Å²) in [5, 5.41) is 17.2. The third-order valence-corrected chi connectivity index (χ3v) is 6.63. The first-order valence-corrected chi connectivity index (χ1v) is 11.2. The number of carbonyl (C=O) groups is 1. The number of hydrogen-bond donors (Lipinski definition) is 2. The normalized spacial score (nSPS) is 17.5. The van der Waals surface area contributed by atoms with E-state index in [1.165, 1.54) is 0 Å². The molecule has 1 aliphatic heterocycles. The van der Waals surface area contributed by atoms with Crippen LogP contribution in [0.4, 0.5) is 17.5 Å². The van der Waals surface area contributed by atoms with Crippen LogP contribution in [0.15, 0.2) is 34.9 Å². The maximum absolute atomic E-state index is 12.0. The molecule has 1 aliphatic carbocycles. The van der Waals surface area contributed by atoms with Crippen LogP contribution in [0.25, 0.3) is 11.3 Å². The maximum Gasteiger partial charge on any atom is 0.314 e. The van der Waals surface area contributed by atoms with Crippen molar-refractivity contribution in [3.63, 3.8) is 0 Å². The van der Waals surface area contributed by atoms with Crippen LogP contribution < -0.4 is 10.2 Å². The predicted molar refractivity (Wildman–Crippen MR) is 123 cm³/mol. The Bertz CT molecular complexity index is 1160. The summed E-state index contributed by atoms with van der Waals surface area (Å²) in [6, 6.07) is 9.51. The van der Waals surface area contributed by atoms with Gasteiger partial charge in [0.2, 0.25) is 5.95 Å². The SMILES string of the molecule is Cc1noc(C)c1-c1cc(N2CCOCC2)nc(Nc2cccc(C3(C(=O)O)CCC3)c2)n1. The number of ether oxygens (including phenoxy) is 1. The van der Waals surface area contributed by atoms with Crippen molar-refractivity contribution in [2.45, 2.75) is 38.5 Å². The molecule has 1 aromatic carbocycles. The highest BCUT2D eigenvalue weighted by atomic mass is 16.5. The molecule has 0 amide bonds. The molecule has 33 heavy (non-hydrogen) atoms. The van der Waals surface area contributed by atoms with E-state index >= 15 is 0 Å².